The average Bonchev–Trinajstić information content (AvgIpc) is 3.98. The number of nitrogens with zero attached hydrogens (tertiary/aromatic N) is 2. The van der Waals surface area contributed by atoms with Crippen LogP contribution in [0.15, 0.2) is 271 Å². The number of fused-ring (bicyclic) bond motifs is 6. The maximum absolute atomic E-state index is 6.54. The molecule has 3 heteroatoms. The third kappa shape index (κ3) is 6.98. The first-order valence-corrected chi connectivity index (χ1v) is 23.9. The van der Waals surface area contributed by atoms with Crippen LogP contribution in [-0.4, -0.2) is 4.57 Å². The number of allylic oxidation sites excluding steroid dienone is 3. The van der Waals surface area contributed by atoms with Gasteiger partial charge in [0, 0.05) is 55.5 Å². The van der Waals surface area contributed by atoms with Gasteiger partial charge in [0.05, 0.1) is 22.4 Å². The quantitative estimate of drug-likeness (QED) is 0.144. The molecule has 0 spiro atoms. The van der Waals surface area contributed by atoms with Crippen LogP contribution < -0.4 is 4.90 Å². The van der Waals surface area contributed by atoms with E-state index in [4.69, 9.17) is 4.42 Å². The molecule has 326 valence electrons. The highest BCUT2D eigenvalue weighted by Gasteiger charge is 2.24. The SMILES string of the molecule is C1=CC(c2cccc3c2oc2ccccc23)CC=C1N(c1ccc(-c2ccccc2-c2ccccc2-n2c3ccccc3c3ccccc32)cc1)c1ccccc1-c1ccccc1-c1ccccc1. The molecule has 0 bridgehead atoms. The Morgan fingerprint density at radius 3 is 1.64 bits per heavy atom. The second-order valence-electron chi connectivity index (χ2n) is 17.9. The lowest BCUT2D eigenvalue weighted by Crippen LogP contribution is -2.18. The van der Waals surface area contributed by atoms with Crippen LogP contribution in [0.25, 0.3) is 93.9 Å². The van der Waals surface area contributed by atoms with E-state index in [0.717, 1.165) is 62.2 Å². The third-order valence-corrected chi connectivity index (χ3v) is 14.0. The van der Waals surface area contributed by atoms with Crippen LogP contribution in [-0.2, 0) is 0 Å². The Hall–Kier alpha value is -8.92. The average molecular weight is 883 g/mol. The second-order valence-corrected chi connectivity index (χ2v) is 17.9. The van der Waals surface area contributed by atoms with Crippen LogP contribution in [0.1, 0.15) is 17.9 Å². The molecule has 0 radical (unpaired) electrons. The summed E-state index contributed by atoms with van der Waals surface area (Å²) in [7, 11) is 0. The van der Waals surface area contributed by atoms with Crippen molar-refractivity contribution in [2.45, 2.75) is 12.3 Å². The first-order valence-electron chi connectivity index (χ1n) is 23.9. The number of furan rings is 1. The summed E-state index contributed by atoms with van der Waals surface area (Å²) >= 11 is 0. The van der Waals surface area contributed by atoms with Crippen LogP contribution in [0.3, 0.4) is 0 Å². The van der Waals surface area contributed by atoms with E-state index in [1.165, 1.54) is 60.8 Å². The maximum Gasteiger partial charge on any atom is 0.139 e. The van der Waals surface area contributed by atoms with E-state index in [-0.39, 0.29) is 5.92 Å². The second kappa shape index (κ2) is 17.1. The summed E-state index contributed by atoms with van der Waals surface area (Å²) in [6.45, 7) is 0. The molecule has 1 unspecified atom stereocenters. The molecule has 2 aromatic heterocycles. The molecule has 12 aromatic rings. The van der Waals surface area contributed by atoms with Crippen molar-refractivity contribution in [3.8, 4) is 50.2 Å². The molecule has 3 nitrogen and oxygen atoms in total. The Kier molecular flexibility index (Phi) is 9.98. The third-order valence-electron chi connectivity index (χ3n) is 14.0. The van der Waals surface area contributed by atoms with Gasteiger partial charge in [-0.25, -0.2) is 0 Å². The van der Waals surface area contributed by atoms with Crippen LogP contribution in [0.2, 0.25) is 0 Å². The molecule has 0 fully saturated rings. The first-order chi connectivity index (χ1) is 34.3. The highest BCUT2D eigenvalue weighted by molar-refractivity contribution is 6.10. The van der Waals surface area contributed by atoms with Gasteiger partial charge in [0.1, 0.15) is 11.2 Å². The summed E-state index contributed by atoms with van der Waals surface area (Å²) in [5.74, 6) is 0.165. The standard InChI is InChI=1S/C66H46N2O/c1-2-19-45(20-3-1)50-21-4-6-23-53(50)55-25-8-13-32-61(55)67(49-43-39-47(40-44-49)52-30-18-31-60-59-29-12-17-36-65(59)69-66(52)60)48-41-37-46(38-42-48)51-22-5-7-24-54(51)56-26-9-14-33-62(56)68-63-34-15-10-27-57(63)58-28-11-16-35-64(58)68/h1-39,41-44,47H,40H2. The van der Waals surface area contributed by atoms with Crippen molar-refractivity contribution >= 4 is 55.1 Å². The van der Waals surface area contributed by atoms with E-state index in [1.807, 2.05) is 6.07 Å². The van der Waals surface area contributed by atoms with Gasteiger partial charge in [-0.05, 0) is 88.3 Å². The molecule has 69 heavy (non-hydrogen) atoms. The van der Waals surface area contributed by atoms with E-state index < -0.39 is 0 Å². The molecule has 0 N–H and O–H groups in total. The minimum atomic E-state index is 0.165. The topological polar surface area (TPSA) is 21.3 Å². The summed E-state index contributed by atoms with van der Waals surface area (Å²) in [6, 6.07) is 87.6. The lowest BCUT2D eigenvalue weighted by atomic mass is 9.89. The van der Waals surface area contributed by atoms with Gasteiger partial charge in [0.15, 0.2) is 0 Å². The summed E-state index contributed by atoms with van der Waals surface area (Å²) in [4.78, 5) is 2.44. The van der Waals surface area contributed by atoms with Crippen LogP contribution >= 0.6 is 0 Å². The van der Waals surface area contributed by atoms with Gasteiger partial charge in [-0.15, -0.1) is 0 Å². The fourth-order valence-electron chi connectivity index (χ4n) is 10.8. The molecule has 2 heterocycles. The zero-order valence-corrected chi connectivity index (χ0v) is 37.9. The van der Waals surface area contributed by atoms with Gasteiger partial charge < -0.3 is 13.9 Å². The van der Waals surface area contributed by atoms with E-state index in [9.17, 15) is 0 Å². The molecule has 1 atom stereocenters. The summed E-state index contributed by atoms with van der Waals surface area (Å²) < 4.78 is 8.97. The fraction of sp³-hybridized carbons (Fsp3) is 0.0303. The predicted octanol–water partition coefficient (Wildman–Crippen LogP) is 18.1. The van der Waals surface area contributed by atoms with Crippen LogP contribution in [0.5, 0.6) is 0 Å². The molecule has 10 aromatic carbocycles. The Balaban J connectivity index is 0.923. The van der Waals surface area contributed by atoms with E-state index >= 15 is 0 Å². The maximum atomic E-state index is 6.54. The van der Waals surface area contributed by atoms with Gasteiger partial charge >= 0.3 is 0 Å². The number of hydrogen-bond acceptors (Lipinski definition) is 2. The summed E-state index contributed by atoms with van der Waals surface area (Å²) in [5, 5.41) is 4.82. The minimum Gasteiger partial charge on any atom is -0.456 e. The van der Waals surface area contributed by atoms with Crippen molar-refractivity contribution in [1.82, 2.24) is 4.57 Å². The fourth-order valence-corrected chi connectivity index (χ4v) is 10.8. The van der Waals surface area contributed by atoms with Crippen molar-refractivity contribution in [2.24, 2.45) is 0 Å². The zero-order valence-electron chi connectivity index (χ0n) is 37.9. The van der Waals surface area contributed by atoms with Crippen LogP contribution in [0.4, 0.5) is 11.4 Å². The van der Waals surface area contributed by atoms with Gasteiger partial charge in [-0.2, -0.15) is 0 Å². The molecular weight excluding hydrogens is 837 g/mol. The number of hydrogen-bond donors (Lipinski definition) is 0. The monoisotopic (exact) mass is 882 g/mol. The Bertz CT molecular complexity index is 3890. The van der Waals surface area contributed by atoms with Gasteiger partial charge in [-0.3, -0.25) is 0 Å². The molecule has 1 aliphatic rings. The van der Waals surface area contributed by atoms with Crippen molar-refractivity contribution in [3.63, 3.8) is 0 Å². The lowest BCUT2D eigenvalue weighted by Gasteiger charge is -2.31. The highest BCUT2D eigenvalue weighted by atomic mass is 16.3. The minimum absolute atomic E-state index is 0.165. The first kappa shape index (κ1) is 40.4. The normalized spacial score (nSPS) is 13.6. The largest absolute Gasteiger partial charge is 0.456 e. The molecule has 1 aliphatic carbocycles. The van der Waals surface area contributed by atoms with Gasteiger partial charge in [0.25, 0.3) is 0 Å². The van der Waals surface area contributed by atoms with Gasteiger partial charge in [-0.1, -0.05) is 212 Å². The number of rotatable bonds is 9. The van der Waals surface area contributed by atoms with Gasteiger partial charge in [0.2, 0.25) is 0 Å². The summed E-state index contributed by atoms with van der Waals surface area (Å²) in [5.41, 5.74) is 19.4. The molecule has 13 rings (SSSR count). The smallest absolute Gasteiger partial charge is 0.139 e. The molecular formula is C66H46N2O. The number of aromatic nitrogens is 1. The number of para-hydroxylation sites is 6. The summed E-state index contributed by atoms with van der Waals surface area (Å²) in [6.07, 6.45) is 7.91. The van der Waals surface area contributed by atoms with Crippen molar-refractivity contribution in [2.75, 3.05) is 4.90 Å². The van der Waals surface area contributed by atoms with Crippen molar-refractivity contribution in [1.29, 1.82) is 0 Å². The molecule has 0 aliphatic heterocycles. The number of anilines is 2. The van der Waals surface area contributed by atoms with E-state index in [0.29, 0.717) is 0 Å². The molecule has 0 saturated heterocycles. The van der Waals surface area contributed by atoms with E-state index in [1.54, 1.807) is 0 Å². The van der Waals surface area contributed by atoms with Crippen molar-refractivity contribution < 1.29 is 4.42 Å². The Morgan fingerprint density at radius 1 is 0.406 bits per heavy atom. The van der Waals surface area contributed by atoms with E-state index in [2.05, 4.69) is 264 Å². The molecule has 0 amide bonds. The van der Waals surface area contributed by atoms with Crippen molar-refractivity contribution in [3.05, 3.63) is 272 Å². The molecule has 0 saturated carbocycles. The lowest BCUT2D eigenvalue weighted by molar-refractivity contribution is 0.657. The Morgan fingerprint density at radius 2 is 0.942 bits per heavy atom. The van der Waals surface area contributed by atoms with Crippen LogP contribution in [0, 0.1) is 0 Å². The predicted molar refractivity (Wildman–Crippen MR) is 289 cm³/mol. The Labute approximate surface area is 401 Å². The highest BCUT2D eigenvalue weighted by Crippen LogP contribution is 2.46. The zero-order chi connectivity index (χ0) is 45.7. The number of benzene rings is 10.